The number of hydrogen-bond donors (Lipinski definition) is 1. The van der Waals surface area contributed by atoms with Gasteiger partial charge in [0, 0.05) is 22.4 Å². The number of carbonyl (C=O) groups is 1. The van der Waals surface area contributed by atoms with Crippen molar-refractivity contribution in [2.75, 3.05) is 12.4 Å². The predicted octanol–water partition coefficient (Wildman–Crippen LogP) is 3.11. The van der Waals surface area contributed by atoms with Gasteiger partial charge in [-0.05, 0) is 30.3 Å². The van der Waals surface area contributed by atoms with E-state index in [4.69, 9.17) is 4.74 Å². The smallest absolute Gasteiger partial charge is 0.255 e. The van der Waals surface area contributed by atoms with Crippen LogP contribution in [-0.4, -0.2) is 18.0 Å². The molecule has 0 aliphatic carbocycles. The number of halogens is 1. The monoisotopic (exact) mass is 306 g/mol. The first-order valence-corrected chi connectivity index (χ1v) is 6.05. The molecule has 0 fully saturated rings. The molecule has 0 unspecified atom stereocenters. The molecular weight excluding hydrogens is 296 g/mol. The van der Waals surface area contributed by atoms with E-state index in [0.29, 0.717) is 17.0 Å². The lowest BCUT2D eigenvalue weighted by Crippen LogP contribution is -2.12. The van der Waals surface area contributed by atoms with Crippen molar-refractivity contribution in [1.82, 2.24) is 4.98 Å². The molecule has 0 saturated heterocycles. The molecule has 2 rings (SSSR count). The lowest BCUT2D eigenvalue weighted by Gasteiger charge is -2.10. The van der Waals surface area contributed by atoms with Crippen molar-refractivity contribution >= 4 is 27.5 Å². The molecular formula is C13H11BrN2O2. The van der Waals surface area contributed by atoms with Gasteiger partial charge in [-0.25, -0.2) is 0 Å². The van der Waals surface area contributed by atoms with Gasteiger partial charge in [0.2, 0.25) is 0 Å². The van der Waals surface area contributed by atoms with Crippen LogP contribution >= 0.6 is 15.9 Å². The average Bonchev–Trinajstić information content (AvgIpc) is 2.40. The molecule has 0 bridgehead atoms. The van der Waals surface area contributed by atoms with Crippen LogP contribution in [0.5, 0.6) is 5.75 Å². The van der Waals surface area contributed by atoms with Gasteiger partial charge in [-0.1, -0.05) is 15.9 Å². The Kier molecular flexibility index (Phi) is 3.94. The van der Waals surface area contributed by atoms with E-state index < -0.39 is 0 Å². The molecule has 5 heteroatoms. The fourth-order valence-electron chi connectivity index (χ4n) is 1.48. The maximum atomic E-state index is 12.0. The summed E-state index contributed by atoms with van der Waals surface area (Å²) in [6.07, 6.45) is 3.15. The average molecular weight is 307 g/mol. The Labute approximate surface area is 113 Å². The van der Waals surface area contributed by atoms with Crippen LogP contribution in [0.1, 0.15) is 10.4 Å². The van der Waals surface area contributed by atoms with E-state index >= 15 is 0 Å². The SMILES string of the molecule is COc1ccc(Br)cc1NC(=O)c1ccncc1. The number of anilines is 1. The van der Waals surface area contributed by atoms with E-state index in [1.165, 1.54) is 0 Å². The number of ether oxygens (including phenoxy) is 1. The number of aromatic nitrogens is 1. The fourth-order valence-corrected chi connectivity index (χ4v) is 1.84. The maximum absolute atomic E-state index is 12.0. The second-order valence-electron chi connectivity index (χ2n) is 3.53. The van der Waals surface area contributed by atoms with Gasteiger partial charge in [-0.15, -0.1) is 0 Å². The Morgan fingerprint density at radius 1 is 1.28 bits per heavy atom. The Morgan fingerprint density at radius 2 is 2.00 bits per heavy atom. The highest BCUT2D eigenvalue weighted by Gasteiger charge is 2.09. The Balaban J connectivity index is 2.24. The first kappa shape index (κ1) is 12.6. The van der Waals surface area contributed by atoms with E-state index in [2.05, 4.69) is 26.2 Å². The molecule has 0 aliphatic rings. The van der Waals surface area contributed by atoms with Crippen molar-refractivity contribution in [3.63, 3.8) is 0 Å². The number of rotatable bonds is 3. The number of nitrogens with zero attached hydrogens (tertiary/aromatic N) is 1. The molecule has 4 nitrogen and oxygen atoms in total. The number of hydrogen-bond acceptors (Lipinski definition) is 3. The van der Waals surface area contributed by atoms with E-state index in [-0.39, 0.29) is 5.91 Å². The van der Waals surface area contributed by atoms with Gasteiger partial charge < -0.3 is 10.1 Å². The first-order valence-electron chi connectivity index (χ1n) is 5.25. The second kappa shape index (κ2) is 5.64. The standard InChI is InChI=1S/C13H11BrN2O2/c1-18-12-3-2-10(14)8-11(12)16-13(17)9-4-6-15-7-5-9/h2-8H,1H3,(H,16,17). The van der Waals surface area contributed by atoms with Crippen LogP contribution < -0.4 is 10.1 Å². The van der Waals surface area contributed by atoms with Gasteiger partial charge in [0.25, 0.3) is 5.91 Å². The second-order valence-corrected chi connectivity index (χ2v) is 4.45. The third-order valence-corrected chi connectivity index (χ3v) is 2.85. The Bertz CT molecular complexity index is 558. The minimum atomic E-state index is -0.200. The Hall–Kier alpha value is -1.88. The highest BCUT2D eigenvalue weighted by atomic mass is 79.9. The predicted molar refractivity (Wildman–Crippen MR) is 72.9 cm³/mol. The summed E-state index contributed by atoms with van der Waals surface area (Å²) in [5.41, 5.74) is 1.17. The van der Waals surface area contributed by atoms with Gasteiger partial charge in [0.15, 0.2) is 0 Å². The lowest BCUT2D eigenvalue weighted by molar-refractivity contribution is 0.102. The molecule has 1 heterocycles. The summed E-state index contributed by atoms with van der Waals surface area (Å²) in [4.78, 5) is 15.9. The van der Waals surface area contributed by atoms with Crippen molar-refractivity contribution in [2.24, 2.45) is 0 Å². The van der Waals surface area contributed by atoms with Gasteiger partial charge in [0.1, 0.15) is 5.75 Å². The molecule has 0 saturated carbocycles. The van der Waals surface area contributed by atoms with Crippen LogP contribution in [0.4, 0.5) is 5.69 Å². The van der Waals surface area contributed by atoms with Crippen molar-refractivity contribution in [2.45, 2.75) is 0 Å². The number of amides is 1. The van der Waals surface area contributed by atoms with Gasteiger partial charge in [0.05, 0.1) is 12.8 Å². The van der Waals surface area contributed by atoms with Gasteiger partial charge in [-0.2, -0.15) is 0 Å². The zero-order valence-corrected chi connectivity index (χ0v) is 11.3. The van der Waals surface area contributed by atoms with E-state index in [9.17, 15) is 4.79 Å². The van der Waals surface area contributed by atoms with E-state index in [1.807, 2.05) is 6.07 Å². The molecule has 2 aromatic rings. The fraction of sp³-hybridized carbons (Fsp3) is 0.0769. The summed E-state index contributed by atoms with van der Waals surface area (Å²) in [7, 11) is 1.56. The van der Waals surface area contributed by atoms with Crippen molar-refractivity contribution < 1.29 is 9.53 Å². The minimum Gasteiger partial charge on any atom is -0.495 e. The summed E-state index contributed by atoms with van der Waals surface area (Å²) in [6.45, 7) is 0. The van der Waals surface area contributed by atoms with Crippen molar-refractivity contribution in [3.8, 4) is 5.75 Å². The molecule has 0 aliphatic heterocycles. The quantitative estimate of drug-likeness (QED) is 0.948. The summed E-state index contributed by atoms with van der Waals surface area (Å²) < 4.78 is 6.06. The van der Waals surface area contributed by atoms with Crippen LogP contribution in [0.25, 0.3) is 0 Å². The zero-order valence-electron chi connectivity index (χ0n) is 9.68. The zero-order chi connectivity index (χ0) is 13.0. The van der Waals surface area contributed by atoms with Crippen molar-refractivity contribution in [1.29, 1.82) is 0 Å². The molecule has 1 aromatic carbocycles. The third-order valence-electron chi connectivity index (χ3n) is 2.35. The molecule has 1 aromatic heterocycles. The normalized spacial score (nSPS) is 9.89. The minimum absolute atomic E-state index is 0.200. The van der Waals surface area contributed by atoms with Crippen LogP contribution in [0.15, 0.2) is 47.2 Å². The summed E-state index contributed by atoms with van der Waals surface area (Å²) in [5.74, 6) is 0.411. The molecule has 0 atom stereocenters. The summed E-state index contributed by atoms with van der Waals surface area (Å²) >= 11 is 3.35. The number of carbonyl (C=O) groups excluding carboxylic acids is 1. The Morgan fingerprint density at radius 3 is 2.67 bits per heavy atom. The molecule has 0 spiro atoms. The first-order chi connectivity index (χ1) is 8.70. The molecule has 0 radical (unpaired) electrons. The van der Waals surface area contributed by atoms with Gasteiger partial charge in [-0.3, -0.25) is 9.78 Å². The number of nitrogens with one attached hydrogen (secondary N) is 1. The van der Waals surface area contributed by atoms with E-state index in [1.54, 1.807) is 43.8 Å². The number of benzene rings is 1. The molecule has 1 N–H and O–H groups in total. The molecule has 1 amide bonds. The molecule has 92 valence electrons. The summed E-state index contributed by atoms with van der Waals surface area (Å²) in [5, 5.41) is 2.80. The highest BCUT2D eigenvalue weighted by Crippen LogP contribution is 2.28. The van der Waals surface area contributed by atoms with Crippen molar-refractivity contribution in [3.05, 3.63) is 52.8 Å². The number of methoxy groups -OCH3 is 1. The van der Waals surface area contributed by atoms with Gasteiger partial charge >= 0.3 is 0 Å². The van der Waals surface area contributed by atoms with Crippen LogP contribution in [0.2, 0.25) is 0 Å². The van der Waals surface area contributed by atoms with E-state index in [0.717, 1.165) is 4.47 Å². The third kappa shape index (κ3) is 2.87. The lowest BCUT2D eigenvalue weighted by atomic mass is 10.2. The maximum Gasteiger partial charge on any atom is 0.255 e. The summed E-state index contributed by atoms with van der Waals surface area (Å²) in [6, 6.07) is 8.73. The largest absolute Gasteiger partial charge is 0.495 e. The topological polar surface area (TPSA) is 51.2 Å². The number of pyridine rings is 1. The molecule has 18 heavy (non-hydrogen) atoms. The van der Waals surface area contributed by atoms with Crippen LogP contribution in [0.3, 0.4) is 0 Å². The van der Waals surface area contributed by atoms with Crippen LogP contribution in [0, 0.1) is 0 Å². The highest BCUT2D eigenvalue weighted by molar-refractivity contribution is 9.10. The van der Waals surface area contributed by atoms with Crippen LogP contribution in [-0.2, 0) is 0 Å².